The summed E-state index contributed by atoms with van der Waals surface area (Å²) in [6.45, 7) is 1.78. The lowest BCUT2D eigenvalue weighted by Crippen LogP contribution is -2.26. The number of anilines is 1. The van der Waals surface area contributed by atoms with Crippen molar-refractivity contribution in [3.63, 3.8) is 0 Å². The van der Waals surface area contributed by atoms with Gasteiger partial charge in [-0.25, -0.2) is 0 Å². The van der Waals surface area contributed by atoms with E-state index in [1.54, 1.807) is 42.5 Å². The normalized spacial score (nSPS) is 11.4. The average Bonchev–Trinajstić information content (AvgIpc) is 2.74. The van der Waals surface area contributed by atoms with E-state index < -0.39 is 0 Å². The highest BCUT2D eigenvalue weighted by molar-refractivity contribution is 9.10. The Bertz CT molecular complexity index is 1030. The van der Waals surface area contributed by atoms with Gasteiger partial charge in [0.15, 0.2) is 6.61 Å². The Morgan fingerprint density at radius 2 is 1.73 bits per heavy atom. The summed E-state index contributed by atoms with van der Waals surface area (Å²) in [7, 11) is 0. The third-order valence-electron chi connectivity index (χ3n) is 4.33. The molecule has 3 aromatic rings. The molecule has 5 nitrogen and oxygen atoms in total. The van der Waals surface area contributed by atoms with E-state index in [-0.39, 0.29) is 24.5 Å². The standard InChI is InChI=1S/C23H20BrClN2O3/c1-15(16-5-3-2-4-6-16)26-23(29)17-7-10-19(11-8-17)27-22(28)14-30-21-12-9-18(25)13-20(21)24/h2-13,15H,14H2,1H3,(H,26,29)(H,27,28). The van der Waals surface area contributed by atoms with Crippen LogP contribution in [0.4, 0.5) is 5.69 Å². The van der Waals surface area contributed by atoms with Crippen LogP contribution in [0, 0.1) is 0 Å². The number of nitrogens with one attached hydrogen (secondary N) is 2. The molecule has 0 aliphatic carbocycles. The molecule has 2 N–H and O–H groups in total. The zero-order valence-corrected chi connectivity index (χ0v) is 18.5. The van der Waals surface area contributed by atoms with Crippen LogP contribution in [0.5, 0.6) is 5.75 Å². The van der Waals surface area contributed by atoms with Crippen LogP contribution < -0.4 is 15.4 Å². The number of halogens is 2. The Morgan fingerprint density at radius 1 is 1.03 bits per heavy atom. The van der Waals surface area contributed by atoms with Gasteiger partial charge in [-0.05, 0) is 70.9 Å². The van der Waals surface area contributed by atoms with Gasteiger partial charge in [-0.15, -0.1) is 0 Å². The molecule has 1 atom stereocenters. The summed E-state index contributed by atoms with van der Waals surface area (Å²) in [6.07, 6.45) is 0. The van der Waals surface area contributed by atoms with E-state index in [1.165, 1.54) is 0 Å². The lowest BCUT2D eigenvalue weighted by Gasteiger charge is -2.14. The van der Waals surface area contributed by atoms with Crippen molar-refractivity contribution in [2.75, 3.05) is 11.9 Å². The van der Waals surface area contributed by atoms with Gasteiger partial charge in [-0.3, -0.25) is 9.59 Å². The number of hydrogen-bond acceptors (Lipinski definition) is 3. The monoisotopic (exact) mass is 486 g/mol. The van der Waals surface area contributed by atoms with E-state index >= 15 is 0 Å². The lowest BCUT2D eigenvalue weighted by molar-refractivity contribution is -0.118. The van der Waals surface area contributed by atoms with Crippen LogP contribution in [-0.2, 0) is 4.79 Å². The zero-order valence-electron chi connectivity index (χ0n) is 16.2. The molecule has 30 heavy (non-hydrogen) atoms. The predicted octanol–water partition coefficient (Wildman–Crippen LogP) is 5.61. The van der Waals surface area contributed by atoms with Gasteiger partial charge in [0.05, 0.1) is 10.5 Å². The average molecular weight is 488 g/mol. The van der Waals surface area contributed by atoms with Crippen molar-refractivity contribution < 1.29 is 14.3 Å². The van der Waals surface area contributed by atoms with Crippen molar-refractivity contribution >= 4 is 45.0 Å². The predicted molar refractivity (Wildman–Crippen MR) is 122 cm³/mol. The minimum Gasteiger partial charge on any atom is -0.483 e. The molecule has 0 radical (unpaired) electrons. The maximum atomic E-state index is 12.4. The second-order valence-corrected chi connectivity index (χ2v) is 7.89. The van der Waals surface area contributed by atoms with Crippen molar-refractivity contribution in [2.24, 2.45) is 0 Å². The van der Waals surface area contributed by atoms with Crippen LogP contribution >= 0.6 is 27.5 Å². The number of amides is 2. The summed E-state index contributed by atoms with van der Waals surface area (Å²) in [6, 6.07) is 21.4. The van der Waals surface area contributed by atoms with E-state index in [1.807, 2.05) is 37.3 Å². The van der Waals surface area contributed by atoms with E-state index in [2.05, 4.69) is 26.6 Å². The molecule has 0 aromatic heterocycles. The van der Waals surface area contributed by atoms with Gasteiger partial charge in [0.1, 0.15) is 5.75 Å². The highest BCUT2D eigenvalue weighted by Gasteiger charge is 2.12. The third-order valence-corrected chi connectivity index (χ3v) is 5.19. The molecule has 0 aliphatic heterocycles. The molecule has 154 valence electrons. The molecule has 3 rings (SSSR count). The fraction of sp³-hybridized carbons (Fsp3) is 0.130. The Kier molecular flexibility index (Phi) is 7.49. The molecule has 1 unspecified atom stereocenters. The highest BCUT2D eigenvalue weighted by atomic mass is 79.9. The summed E-state index contributed by atoms with van der Waals surface area (Å²) in [5, 5.41) is 6.27. The molecule has 2 amide bonds. The van der Waals surface area contributed by atoms with Crippen molar-refractivity contribution in [3.8, 4) is 5.75 Å². The number of carbonyl (C=O) groups excluding carboxylic acids is 2. The molecule has 0 bridgehead atoms. The van der Waals surface area contributed by atoms with Crippen molar-refractivity contribution in [1.29, 1.82) is 0 Å². The molecule has 0 fully saturated rings. The van der Waals surface area contributed by atoms with Gasteiger partial charge in [-0.2, -0.15) is 0 Å². The van der Waals surface area contributed by atoms with Gasteiger partial charge in [-0.1, -0.05) is 41.9 Å². The van der Waals surface area contributed by atoms with E-state index in [4.69, 9.17) is 16.3 Å². The number of ether oxygens (including phenoxy) is 1. The summed E-state index contributed by atoms with van der Waals surface area (Å²) >= 11 is 9.23. The van der Waals surface area contributed by atoms with E-state index in [9.17, 15) is 9.59 Å². The largest absolute Gasteiger partial charge is 0.483 e. The van der Waals surface area contributed by atoms with Crippen molar-refractivity contribution in [1.82, 2.24) is 5.32 Å². The topological polar surface area (TPSA) is 67.4 Å². The summed E-state index contributed by atoms with van der Waals surface area (Å²) < 4.78 is 6.16. The first-order chi connectivity index (χ1) is 14.4. The molecule has 0 saturated carbocycles. The lowest BCUT2D eigenvalue weighted by atomic mass is 10.1. The molecule has 0 saturated heterocycles. The van der Waals surface area contributed by atoms with E-state index in [0.29, 0.717) is 26.5 Å². The molecular formula is C23H20BrClN2O3. The summed E-state index contributed by atoms with van der Waals surface area (Å²) in [5.74, 6) is 0.0287. The fourth-order valence-corrected chi connectivity index (χ4v) is 3.54. The highest BCUT2D eigenvalue weighted by Crippen LogP contribution is 2.27. The second-order valence-electron chi connectivity index (χ2n) is 6.59. The second kappa shape index (κ2) is 10.3. The minimum atomic E-state index is -0.313. The quantitative estimate of drug-likeness (QED) is 0.455. The minimum absolute atomic E-state index is 0.109. The van der Waals surface area contributed by atoms with Gasteiger partial charge in [0.2, 0.25) is 0 Å². The van der Waals surface area contributed by atoms with Crippen LogP contribution in [0.1, 0.15) is 28.9 Å². The maximum absolute atomic E-state index is 12.4. The van der Waals surface area contributed by atoms with Crippen LogP contribution in [-0.4, -0.2) is 18.4 Å². The van der Waals surface area contributed by atoms with Gasteiger partial charge >= 0.3 is 0 Å². The molecule has 0 aliphatic rings. The van der Waals surface area contributed by atoms with Gasteiger partial charge in [0.25, 0.3) is 11.8 Å². The fourth-order valence-electron chi connectivity index (χ4n) is 2.74. The number of carbonyl (C=O) groups is 2. The Balaban J connectivity index is 1.52. The summed E-state index contributed by atoms with van der Waals surface area (Å²) in [4.78, 5) is 24.6. The molecule has 0 spiro atoms. The van der Waals surface area contributed by atoms with Crippen molar-refractivity contribution in [3.05, 3.63) is 93.4 Å². The van der Waals surface area contributed by atoms with Crippen LogP contribution in [0.25, 0.3) is 0 Å². The van der Waals surface area contributed by atoms with Crippen LogP contribution in [0.3, 0.4) is 0 Å². The number of rotatable bonds is 7. The van der Waals surface area contributed by atoms with Crippen LogP contribution in [0.15, 0.2) is 77.3 Å². The maximum Gasteiger partial charge on any atom is 0.262 e. The molecule has 7 heteroatoms. The van der Waals surface area contributed by atoms with Crippen LogP contribution in [0.2, 0.25) is 5.02 Å². The first-order valence-corrected chi connectivity index (χ1v) is 10.4. The Labute approximate surface area is 188 Å². The van der Waals surface area contributed by atoms with Gasteiger partial charge in [0, 0.05) is 16.3 Å². The van der Waals surface area contributed by atoms with E-state index in [0.717, 1.165) is 5.56 Å². The van der Waals surface area contributed by atoms with Gasteiger partial charge < -0.3 is 15.4 Å². The zero-order chi connectivity index (χ0) is 21.5. The molecule has 3 aromatic carbocycles. The number of benzene rings is 3. The first kappa shape index (κ1) is 21.9. The molecular weight excluding hydrogens is 468 g/mol. The Morgan fingerprint density at radius 3 is 2.40 bits per heavy atom. The Hall–Kier alpha value is -2.83. The first-order valence-electron chi connectivity index (χ1n) is 9.26. The smallest absolute Gasteiger partial charge is 0.262 e. The van der Waals surface area contributed by atoms with Crippen molar-refractivity contribution in [2.45, 2.75) is 13.0 Å². The summed E-state index contributed by atoms with van der Waals surface area (Å²) in [5.41, 5.74) is 2.12. The molecule has 0 heterocycles. The third kappa shape index (κ3) is 6.08. The SMILES string of the molecule is CC(NC(=O)c1ccc(NC(=O)COc2ccc(Cl)cc2Br)cc1)c1ccccc1. The number of hydrogen-bond donors (Lipinski definition) is 2.